The lowest BCUT2D eigenvalue weighted by Gasteiger charge is -2.36. The average Bonchev–Trinajstić information content (AvgIpc) is 2.81. The molecule has 1 aliphatic heterocycles. The van der Waals surface area contributed by atoms with Crippen LogP contribution in [-0.4, -0.2) is 71.9 Å². The Hall–Kier alpha value is -3.69. The van der Waals surface area contributed by atoms with Crippen LogP contribution < -0.4 is 21.3 Å². The van der Waals surface area contributed by atoms with Gasteiger partial charge in [0.05, 0.1) is 13.1 Å². The highest BCUT2D eigenvalue weighted by molar-refractivity contribution is 5.96. The monoisotopic (exact) mass is 424 g/mol. The molecule has 2 aromatic rings. The summed E-state index contributed by atoms with van der Waals surface area (Å²) in [4.78, 5) is 40.6. The highest BCUT2D eigenvalue weighted by Crippen LogP contribution is 2.11. The van der Waals surface area contributed by atoms with Crippen LogP contribution >= 0.6 is 0 Å². The number of primary amides is 1. The van der Waals surface area contributed by atoms with Gasteiger partial charge in [0.2, 0.25) is 11.9 Å². The summed E-state index contributed by atoms with van der Waals surface area (Å²) < 4.78 is 0. The number of hydrogen-bond acceptors (Lipinski definition) is 6. The van der Waals surface area contributed by atoms with E-state index >= 15 is 0 Å². The topological polar surface area (TPSA) is 129 Å². The number of anilines is 1. The van der Waals surface area contributed by atoms with E-state index < -0.39 is 5.91 Å². The maximum atomic E-state index is 12.0. The van der Waals surface area contributed by atoms with Crippen molar-refractivity contribution < 1.29 is 9.59 Å². The number of carbonyl (C=O) groups excluding carboxylic acids is 2. The third-order valence-corrected chi connectivity index (χ3v) is 4.80. The minimum atomic E-state index is -0.576. The fourth-order valence-corrected chi connectivity index (χ4v) is 3.20. The summed E-state index contributed by atoms with van der Waals surface area (Å²) in [5, 5.41) is 5.82. The van der Waals surface area contributed by atoms with Crippen LogP contribution in [0.1, 0.15) is 22.8 Å². The Labute approximate surface area is 181 Å². The van der Waals surface area contributed by atoms with Crippen LogP contribution in [0.15, 0.2) is 47.7 Å². The van der Waals surface area contributed by atoms with E-state index in [1.54, 1.807) is 24.5 Å². The summed E-state index contributed by atoms with van der Waals surface area (Å²) in [6.07, 6.45) is 3.51. The van der Waals surface area contributed by atoms with Crippen molar-refractivity contribution in [3.05, 3.63) is 53.9 Å². The SMILES string of the molecule is CCNC(=NCc1ccc(C(=O)NCC(N)=O)cc1)N1CCN(c2ncccn2)CC1. The normalized spacial score (nSPS) is 14.3. The molecule has 0 unspecified atom stereocenters. The number of carbonyl (C=O) groups is 2. The molecule has 1 aromatic carbocycles. The van der Waals surface area contributed by atoms with Gasteiger partial charge in [-0.3, -0.25) is 9.59 Å². The zero-order valence-electron chi connectivity index (χ0n) is 17.6. The highest BCUT2D eigenvalue weighted by atomic mass is 16.2. The van der Waals surface area contributed by atoms with Crippen molar-refractivity contribution in [2.24, 2.45) is 10.7 Å². The number of guanidine groups is 1. The first-order valence-corrected chi connectivity index (χ1v) is 10.3. The molecule has 10 nitrogen and oxygen atoms in total. The van der Waals surface area contributed by atoms with Gasteiger partial charge < -0.3 is 26.2 Å². The molecule has 1 saturated heterocycles. The molecular formula is C21H28N8O2. The smallest absolute Gasteiger partial charge is 0.251 e. The summed E-state index contributed by atoms with van der Waals surface area (Å²) in [5.74, 6) is 0.707. The number of piperazine rings is 1. The summed E-state index contributed by atoms with van der Waals surface area (Å²) in [6, 6.07) is 8.96. The molecule has 1 aliphatic rings. The van der Waals surface area contributed by atoms with Crippen LogP contribution in [0.3, 0.4) is 0 Å². The minimum absolute atomic E-state index is 0.180. The van der Waals surface area contributed by atoms with E-state index in [1.807, 2.05) is 25.1 Å². The number of nitrogens with two attached hydrogens (primary N) is 1. The first kappa shape index (κ1) is 22.0. The van der Waals surface area contributed by atoms with Gasteiger partial charge in [-0.15, -0.1) is 0 Å². The fourth-order valence-electron chi connectivity index (χ4n) is 3.20. The Balaban J connectivity index is 1.57. The molecule has 10 heteroatoms. The first-order chi connectivity index (χ1) is 15.1. The second-order valence-electron chi connectivity index (χ2n) is 7.04. The Morgan fingerprint density at radius 1 is 1.06 bits per heavy atom. The molecule has 4 N–H and O–H groups in total. The Morgan fingerprint density at radius 2 is 1.74 bits per heavy atom. The number of aromatic nitrogens is 2. The number of nitrogens with one attached hydrogen (secondary N) is 2. The zero-order valence-corrected chi connectivity index (χ0v) is 17.6. The van der Waals surface area contributed by atoms with Crippen molar-refractivity contribution in [2.45, 2.75) is 13.5 Å². The average molecular weight is 425 g/mol. The molecule has 1 aromatic heterocycles. The fraction of sp³-hybridized carbons (Fsp3) is 0.381. The summed E-state index contributed by atoms with van der Waals surface area (Å²) in [6.45, 7) is 6.43. The molecule has 0 atom stereocenters. The van der Waals surface area contributed by atoms with Crippen molar-refractivity contribution in [1.29, 1.82) is 0 Å². The van der Waals surface area contributed by atoms with E-state index in [4.69, 9.17) is 10.7 Å². The molecule has 2 amide bonds. The third kappa shape index (κ3) is 6.39. The molecule has 2 heterocycles. The predicted molar refractivity (Wildman–Crippen MR) is 119 cm³/mol. The van der Waals surface area contributed by atoms with Crippen LogP contribution in [-0.2, 0) is 11.3 Å². The zero-order chi connectivity index (χ0) is 22.1. The second-order valence-corrected chi connectivity index (χ2v) is 7.04. The molecule has 3 rings (SSSR count). The van der Waals surface area contributed by atoms with E-state index in [2.05, 4.69) is 30.4 Å². The number of hydrogen-bond donors (Lipinski definition) is 3. The van der Waals surface area contributed by atoms with Gasteiger partial charge in [-0.25, -0.2) is 15.0 Å². The van der Waals surface area contributed by atoms with Crippen LogP contribution in [0.5, 0.6) is 0 Å². The van der Waals surface area contributed by atoms with Crippen molar-refractivity contribution in [3.8, 4) is 0 Å². The van der Waals surface area contributed by atoms with Gasteiger partial charge in [0.25, 0.3) is 5.91 Å². The largest absolute Gasteiger partial charge is 0.368 e. The summed E-state index contributed by atoms with van der Waals surface area (Å²) in [5.41, 5.74) is 6.50. The predicted octanol–water partition coefficient (Wildman–Crippen LogP) is -0.0206. The van der Waals surface area contributed by atoms with Gasteiger partial charge in [0.15, 0.2) is 5.96 Å². The van der Waals surface area contributed by atoms with Crippen molar-refractivity contribution in [3.63, 3.8) is 0 Å². The quantitative estimate of drug-likeness (QED) is 0.421. The number of aliphatic imine (C=N–C) groups is 1. The van der Waals surface area contributed by atoms with Crippen LogP contribution in [0.2, 0.25) is 0 Å². The molecule has 164 valence electrons. The van der Waals surface area contributed by atoms with E-state index in [1.165, 1.54) is 0 Å². The lowest BCUT2D eigenvalue weighted by molar-refractivity contribution is -0.117. The van der Waals surface area contributed by atoms with E-state index in [9.17, 15) is 9.59 Å². The number of benzene rings is 1. The molecule has 0 bridgehead atoms. The maximum Gasteiger partial charge on any atom is 0.251 e. The minimum Gasteiger partial charge on any atom is -0.368 e. The molecule has 0 spiro atoms. The van der Waals surface area contributed by atoms with Crippen LogP contribution in [0.25, 0.3) is 0 Å². The lowest BCUT2D eigenvalue weighted by atomic mass is 10.1. The first-order valence-electron chi connectivity index (χ1n) is 10.3. The van der Waals surface area contributed by atoms with Gasteiger partial charge in [-0.1, -0.05) is 12.1 Å². The molecule has 0 aliphatic carbocycles. The standard InChI is InChI=1S/C21H28N8O2/c1-2-23-20(28-10-12-29(13-11-28)21-24-8-3-9-25-21)27-14-16-4-6-17(7-5-16)19(31)26-15-18(22)30/h3-9H,2,10-15H2,1H3,(H2,22,30)(H,23,27)(H,26,31). The van der Waals surface area contributed by atoms with Gasteiger partial charge in [0, 0.05) is 50.7 Å². The van der Waals surface area contributed by atoms with Gasteiger partial charge in [-0.2, -0.15) is 0 Å². The maximum absolute atomic E-state index is 12.0. The number of amides is 2. The van der Waals surface area contributed by atoms with Crippen molar-refractivity contribution >= 4 is 23.7 Å². The molecule has 0 radical (unpaired) electrons. The summed E-state index contributed by atoms with van der Waals surface area (Å²) in [7, 11) is 0. The lowest BCUT2D eigenvalue weighted by Crippen LogP contribution is -2.52. The molecule has 31 heavy (non-hydrogen) atoms. The van der Waals surface area contributed by atoms with Crippen LogP contribution in [0.4, 0.5) is 5.95 Å². The van der Waals surface area contributed by atoms with Crippen LogP contribution in [0, 0.1) is 0 Å². The molecule has 0 saturated carbocycles. The van der Waals surface area contributed by atoms with Crippen molar-refractivity contribution in [2.75, 3.05) is 44.2 Å². The Morgan fingerprint density at radius 3 is 2.35 bits per heavy atom. The Kier molecular flexibility index (Phi) is 7.74. The third-order valence-electron chi connectivity index (χ3n) is 4.80. The van der Waals surface area contributed by atoms with E-state index in [-0.39, 0.29) is 12.5 Å². The molecular weight excluding hydrogens is 396 g/mol. The molecule has 1 fully saturated rings. The van der Waals surface area contributed by atoms with Crippen molar-refractivity contribution in [1.82, 2.24) is 25.5 Å². The van der Waals surface area contributed by atoms with Gasteiger partial charge >= 0.3 is 0 Å². The van der Waals surface area contributed by atoms with Gasteiger partial charge in [-0.05, 0) is 30.7 Å². The number of nitrogens with zero attached hydrogens (tertiary/aromatic N) is 5. The Bertz CT molecular complexity index is 893. The summed E-state index contributed by atoms with van der Waals surface area (Å²) >= 11 is 0. The second kappa shape index (κ2) is 10.9. The highest BCUT2D eigenvalue weighted by Gasteiger charge is 2.21. The van der Waals surface area contributed by atoms with Gasteiger partial charge in [0.1, 0.15) is 0 Å². The number of rotatable bonds is 7. The van der Waals surface area contributed by atoms with E-state index in [0.29, 0.717) is 12.1 Å². The van der Waals surface area contributed by atoms with E-state index in [0.717, 1.165) is 50.2 Å².